The first-order chi connectivity index (χ1) is 14.5. The molecule has 0 bridgehead atoms. The number of nitrogens with zero attached hydrogens (tertiary/aromatic N) is 2. The highest BCUT2D eigenvalue weighted by atomic mass is 19.4. The van der Waals surface area contributed by atoms with Gasteiger partial charge in [-0.2, -0.15) is 13.2 Å². The highest BCUT2D eigenvalue weighted by molar-refractivity contribution is 5.95. The number of carbonyl (C=O) groups excluding carboxylic acids is 1. The third-order valence-corrected chi connectivity index (χ3v) is 4.99. The van der Waals surface area contributed by atoms with E-state index in [-0.39, 0.29) is 22.2 Å². The number of fused-ring (bicyclic) bond motifs is 1. The number of hydrogen-bond acceptors (Lipinski definition) is 3. The molecule has 1 aromatic heterocycles. The molecule has 3 rings (SSSR count). The number of alkyl halides is 3. The van der Waals surface area contributed by atoms with E-state index in [1.165, 1.54) is 20.4 Å². The predicted octanol–water partition coefficient (Wildman–Crippen LogP) is 5.51. The van der Waals surface area contributed by atoms with Gasteiger partial charge in [-0.25, -0.2) is 18.2 Å². The lowest BCUT2D eigenvalue weighted by atomic mass is 10.00. The molecule has 0 unspecified atom stereocenters. The average molecular weight is 442 g/mol. The van der Waals surface area contributed by atoms with Crippen LogP contribution in [0.4, 0.5) is 26.3 Å². The molecule has 0 radical (unpaired) electrons. The van der Waals surface area contributed by atoms with Crippen molar-refractivity contribution in [2.24, 2.45) is 0 Å². The fourth-order valence-electron chi connectivity index (χ4n) is 3.19. The van der Waals surface area contributed by atoms with Gasteiger partial charge in [-0.1, -0.05) is 0 Å². The molecule has 10 heteroatoms. The summed E-state index contributed by atoms with van der Waals surface area (Å²) < 4.78 is 84.8. The molecule has 1 heterocycles. The van der Waals surface area contributed by atoms with E-state index < -0.39 is 41.1 Å². The topological polar surface area (TPSA) is 42.4 Å². The number of benzene rings is 2. The minimum absolute atomic E-state index is 0.0450. The highest BCUT2D eigenvalue weighted by Gasteiger charge is 2.34. The summed E-state index contributed by atoms with van der Waals surface area (Å²) in [5.41, 5.74) is -1.46. The second kappa shape index (κ2) is 8.09. The summed E-state index contributed by atoms with van der Waals surface area (Å²) in [5, 5.41) is 0.406. The zero-order chi connectivity index (χ0) is 23.1. The van der Waals surface area contributed by atoms with Crippen molar-refractivity contribution in [1.82, 2.24) is 9.88 Å². The van der Waals surface area contributed by atoms with Crippen molar-refractivity contribution in [3.8, 4) is 5.88 Å². The molecule has 0 spiro atoms. The van der Waals surface area contributed by atoms with E-state index in [0.29, 0.717) is 17.7 Å². The smallest absolute Gasteiger partial charge is 0.419 e. The molecule has 3 aromatic rings. The summed E-state index contributed by atoms with van der Waals surface area (Å²) in [4.78, 5) is 17.9. The number of carbonyl (C=O) groups is 1. The van der Waals surface area contributed by atoms with E-state index in [9.17, 15) is 31.1 Å². The first-order valence-corrected chi connectivity index (χ1v) is 8.91. The van der Waals surface area contributed by atoms with E-state index >= 15 is 0 Å². The Kier molecular flexibility index (Phi) is 5.84. The summed E-state index contributed by atoms with van der Waals surface area (Å²) in [5.74, 6) is -4.53. The van der Waals surface area contributed by atoms with Crippen LogP contribution in [0.5, 0.6) is 5.88 Å². The normalized spacial score (nSPS) is 12.7. The van der Waals surface area contributed by atoms with Crippen LogP contribution in [0.3, 0.4) is 0 Å². The quantitative estimate of drug-likeness (QED) is 0.501. The lowest BCUT2D eigenvalue weighted by Gasteiger charge is -2.26. The number of rotatable bonds is 4. The Morgan fingerprint density at radius 1 is 1.03 bits per heavy atom. The van der Waals surface area contributed by atoms with E-state index in [1.54, 1.807) is 6.92 Å². The monoisotopic (exact) mass is 442 g/mol. The first kappa shape index (κ1) is 22.4. The molecule has 0 aliphatic carbocycles. The number of methoxy groups -OCH3 is 1. The van der Waals surface area contributed by atoms with Crippen molar-refractivity contribution < 1.29 is 35.9 Å². The largest absolute Gasteiger partial charge is 0.481 e. The summed E-state index contributed by atoms with van der Waals surface area (Å²) >= 11 is 0. The van der Waals surface area contributed by atoms with Gasteiger partial charge in [0.2, 0.25) is 5.88 Å². The molecule has 2 aromatic carbocycles. The number of aromatic nitrogens is 1. The van der Waals surface area contributed by atoms with Crippen LogP contribution < -0.4 is 4.74 Å². The molecule has 4 nitrogen and oxygen atoms in total. The number of halogens is 6. The second-order valence-corrected chi connectivity index (χ2v) is 6.82. The molecular formula is C21H16F6N2O2. The van der Waals surface area contributed by atoms with Crippen LogP contribution in [-0.2, 0) is 6.18 Å². The van der Waals surface area contributed by atoms with E-state index in [2.05, 4.69) is 4.98 Å². The van der Waals surface area contributed by atoms with Gasteiger partial charge in [0, 0.05) is 29.8 Å². The van der Waals surface area contributed by atoms with Gasteiger partial charge < -0.3 is 9.64 Å². The maximum atomic E-state index is 13.9. The Morgan fingerprint density at radius 2 is 1.65 bits per heavy atom. The van der Waals surface area contributed by atoms with E-state index in [4.69, 9.17) is 4.74 Å². The number of ether oxygens (including phenoxy) is 1. The summed E-state index contributed by atoms with van der Waals surface area (Å²) in [6, 6.07) is 2.95. The standard InChI is InChI=1S/C21H16F6N2O2/c1-10(14-9-28-19(31-3)13-8-18(24)17(23)7-12(13)14)29(2)20(30)11-4-5-15(16(22)6-11)21(25,26)27/h4-10H,1-3H3/t10-/m0/s1. The summed E-state index contributed by atoms with van der Waals surface area (Å²) in [6.07, 6.45) is -3.57. The Balaban J connectivity index is 2.01. The molecule has 0 N–H and O–H groups in total. The van der Waals surface area contributed by atoms with Crippen LogP contribution in [0.2, 0.25) is 0 Å². The number of pyridine rings is 1. The SMILES string of the molecule is COc1ncc([C@H](C)N(C)C(=O)c2ccc(C(F)(F)F)c(F)c2)c2cc(F)c(F)cc12. The molecule has 0 saturated heterocycles. The van der Waals surface area contributed by atoms with Crippen LogP contribution in [0.25, 0.3) is 10.8 Å². The average Bonchev–Trinajstić information content (AvgIpc) is 2.71. The minimum Gasteiger partial charge on any atom is -0.481 e. The number of amides is 1. The lowest BCUT2D eigenvalue weighted by molar-refractivity contribution is -0.140. The van der Waals surface area contributed by atoms with Crippen molar-refractivity contribution in [2.45, 2.75) is 19.1 Å². The van der Waals surface area contributed by atoms with Gasteiger partial charge in [0.05, 0.1) is 18.7 Å². The third kappa shape index (κ3) is 4.14. The van der Waals surface area contributed by atoms with Crippen LogP contribution in [-0.4, -0.2) is 29.9 Å². The fraction of sp³-hybridized carbons (Fsp3) is 0.238. The molecule has 1 amide bonds. The Bertz CT molecular complexity index is 1160. The van der Waals surface area contributed by atoms with E-state index in [1.807, 2.05) is 0 Å². The molecule has 31 heavy (non-hydrogen) atoms. The zero-order valence-corrected chi connectivity index (χ0v) is 16.5. The van der Waals surface area contributed by atoms with Gasteiger partial charge in [0.15, 0.2) is 11.6 Å². The maximum Gasteiger partial charge on any atom is 0.419 e. The Morgan fingerprint density at radius 3 is 2.19 bits per heavy atom. The fourth-order valence-corrected chi connectivity index (χ4v) is 3.19. The van der Waals surface area contributed by atoms with Gasteiger partial charge in [0.1, 0.15) is 5.82 Å². The van der Waals surface area contributed by atoms with Gasteiger partial charge in [-0.15, -0.1) is 0 Å². The van der Waals surface area contributed by atoms with Crippen molar-refractivity contribution in [2.75, 3.05) is 14.2 Å². The number of hydrogen-bond donors (Lipinski definition) is 0. The highest BCUT2D eigenvalue weighted by Crippen LogP contribution is 2.34. The summed E-state index contributed by atoms with van der Waals surface area (Å²) in [7, 11) is 2.65. The first-order valence-electron chi connectivity index (χ1n) is 8.91. The molecule has 164 valence electrons. The second-order valence-electron chi connectivity index (χ2n) is 6.82. The molecule has 0 aliphatic rings. The van der Waals surface area contributed by atoms with Crippen molar-refractivity contribution in [3.05, 3.63) is 70.7 Å². The minimum atomic E-state index is -4.89. The van der Waals surface area contributed by atoms with Crippen LogP contribution in [0, 0.1) is 17.5 Å². The van der Waals surface area contributed by atoms with Gasteiger partial charge in [-0.05, 0) is 42.6 Å². The predicted molar refractivity (Wildman–Crippen MR) is 100 cm³/mol. The van der Waals surface area contributed by atoms with Crippen LogP contribution in [0.1, 0.15) is 34.5 Å². The lowest BCUT2D eigenvalue weighted by Crippen LogP contribution is -2.30. The molecule has 0 saturated carbocycles. The van der Waals surface area contributed by atoms with Crippen molar-refractivity contribution in [3.63, 3.8) is 0 Å². The maximum absolute atomic E-state index is 13.9. The Labute approximate surface area is 173 Å². The molecule has 1 atom stereocenters. The van der Waals surface area contributed by atoms with Gasteiger partial charge in [-0.3, -0.25) is 4.79 Å². The van der Waals surface area contributed by atoms with Gasteiger partial charge in [0.25, 0.3) is 5.91 Å². The Hall–Kier alpha value is -3.30. The van der Waals surface area contributed by atoms with Crippen molar-refractivity contribution >= 4 is 16.7 Å². The molecular weight excluding hydrogens is 426 g/mol. The van der Waals surface area contributed by atoms with E-state index in [0.717, 1.165) is 23.1 Å². The van der Waals surface area contributed by atoms with Crippen LogP contribution in [0.15, 0.2) is 36.5 Å². The van der Waals surface area contributed by atoms with Crippen molar-refractivity contribution in [1.29, 1.82) is 0 Å². The summed E-state index contributed by atoms with van der Waals surface area (Å²) in [6.45, 7) is 1.56. The zero-order valence-electron chi connectivity index (χ0n) is 16.5. The van der Waals surface area contributed by atoms with Crippen LogP contribution >= 0.6 is 0 Å². The molecule has 0 aliphatic heterocycles. The van der Waals surface area contributed by atoms with Gasteiger partial charge >= 0.3 is 6.18 Å². The third-order valence-electron chi connectivity index (χ3n) is 4.99. The molecule has 0 fully saturated rings.